The van der Waals surface area contributed by atoms with Gasteiger partial charge in [-0.3, -0.25) is 0 Å². The van der Waals surface area contributed by atoms with Crippen LogP contribution in [-0.2, 0) is 9.47 Å². The van der Waals surface area contributed by atoms with E-state index >= 15 is 0 Å². The molecule has 100 valence electrons. The predicted octanol–water partition coefficient (Wildman–Crippen LogP) is 1.08. The SMILES string of the molecule is CNC1(CO)CCC(OCC2CCCCO2)C1. The van der Waals surface area contributed by atoms with Crippen molar-refractivity contribution in [1.29, 1.82) is 0 Å². The maximum absolute atomic E-state index is 9.41. The van der Waals surface area contributed by atoms with E-state index in [1.54, 1.807) is 0 Å². The highest BCUT2D eigenvalue weighted by Crippen LogP contribution is 2.31. The van der Waals surface area contributed by atoms with Crippen molar-refractivity contribution in [2.45, 2.75) is 56.3 Å². The average Bonchev–Trinajstić information content (AvgIpc) is 2.82. The molecule has 0 aromatic heterocycles. The number of aliphatic hydroxyl groups is 1. The van der Waals surface area contributed by atoms with Crippen LogP contribution in [0, 0.1) is 0 Å². The molecule has 2 aliphatic rings. The van der Waals surface area contributed by atoms with Crippen LogP contribution in [-0.4, -0.2) is 49.7 Å². The Morgan fingerprint density at radius 3 is 2.88 bits per heavy atom. The summed E-state index contributed by atoms with van der Waals surface area (Å²) in [6.07, 6.45) is 7.09. The first-order valence-corrected chi connectivity index (χ1v) is 6.81. The molecule has 3 unspecified atom stereocenters. The van der Waals surface area contributed by atoms with Gasteiger partial charge in [0.05, 0.1) is 25.4 Å². The number of ether oxygens (including phenoxy) is 2. The number of aliphatic hydroxyl groups excluding tert-OH is 1. The van der Waals surface area contributed by atoms with Crippen LogP contribution in [0.5, 0.6) is 0 Å². The van der Waals surface area contributed by atoms with Crippen molar-refractivity contribution < 1.29 is 14.6 Å². The summed E-state index contributed by atoms with van der Waals surface area (Å²) in [4.78, 5) is 0. The smallest absolute Gasteiger partial charge is 0.0808 e. The van der Waals surface area contributed by atoms with Crippen molar-refractivity contribution in [2.24, 2.45) is 0 Å². The molecule has 0 bridgehead atoms. The highest BCUT2D eigenvalue weighted by molar-refractivity contribution is 4.95. The van der Waals surface area contributed by atoms with E-state index < -0.39 is 0 Å². The van der Waals surface area contributed by atoms with Crippen molar-refractivity contribution >= 4 is 0 Å². The lowest BCUT2D eigenvalue weighted by molar-refractivity contribution is -0.0630. The van der Waals surface area contributed by atoms with E-state index in [1.807, 2.05) is 7.05 Å². The predicted molar refractivity (Wildman–Crippen MR) is 66.1 cm³/mol. The zero-order valence-electron chi connectivity index (χ0n) is 10.8. The summed E-state index contributed by atoms with van der Waals surface area (Å²) in [6, 6.07) is 0. The van der Waals surface area contributed by atoms with Gasteiger partial charge >= 0.3 is 0 Å². The van der Waals surface area contributed by atoms with E-state index in [9.17, 15) is 5.11 Å². The summed E-state index contributed by atoms with van der Waals surface area (Å²) >= 11 is 0. The highest BCUT2D eigenvalue weighted by Gasteiger charge is 2.38. The van der Waals surface area contributed by atoms with Crippen molar-refractivity contribution in [3.63, 3.8) is 0 Å². The van der Waals surface area contributed by atoms with Crippen molar-refractivity contribution in [2.75, 3.05) is 26.9 Å². The van der Waals surface area contributed by atoms with Crippen molar-refractivity contribution in [3.05, 3.63) is 0 Å². The number of hydrogen-bond donors (Lipinski definition) is 2. The average molecular weight is 243 g/mol. The van der Waals surface area contributed by atoms with Gasteiger partial charge in [-0.15, -0.1) is 0 Å². The van der Waals surface area contributed by atoms with Gasteiger partial charge in [0, 0.05) is 12.1 Å². The molecule has 2 N–H and O–H groups in total. The Hall–Kier alpha value is -0.160. The second kappa shape index (κ2) is 6.14. The zero-order chi connectivity index (χ0) is 12.1. The Bertz CT molecular complexity index is 225. The molecule has 2 fully saturated rings. The molecule has 0 radical (unpaired) electrons. The molecule has 2 rings (SSSR count). The normalized spacial score (nSPS) is 38.5. The molecule has 1 heterocycles. The monoisotopic (exact) mass is 243 g/mol. The minimum atomic E-state index is -0.113. The first-order chi connectivity index (χ1) is 8.28. The Kier molecular flexibility index (Phi) is 4.79. The number of hydrogen-bond acceptors (Lipinski definition) is 4. The molecule has 4 nitrogen and oxygen atoms in total. The molecule has 3 atom stereocenters. The van der Waals surface area contributed by atoms with E-state index in [1.165, 1.54) is 12.8 Å². The third-order valence-corrected chi connectivity index (χ3v) is 4.19. The standard InChI is InChI=1S/C13H25NO3/c1-14-13(10-15)6-5-11(8-13)17-9-12-4-2-3-7-16-12/h11-12,14-15H,2-10H2,1H3. The zero-order valence-corrected chi connectivity index (χ0v) is 10.8. The lowest BCUT2D eigenvalue weighted by atomic mass is 9.99. The molecule has 4 heteroatoms. The van der Waals surface area contributed by atoms with E-state index in [2.05, 4.69) is 5.32 Å². The van der Waals surface area contributed by atoms with Gasteiger partial charge in [-0.05, 0) is 45.6 Å². The van der Waals surface area contributed by atoms with Crippen LogP contribution in [0.1, 0.15) is 38.5 Å². The van der Waals surface area contributed by atoms with E-state index in [0.717, 1.165) is 38.9 Å². The summed E-state index contributed by atoms with van der Waals surface area (Å²) in [6.45, 7) is 1.80. The van der Waals surface area contributed by atoms with Gasteiger partial charge in [0.15, 0.2) is 0 Å². The summed E-state index contributed by atoms with van der Waals surface area (Å²) in [5.74, 6) is 0. The Morgan fingerprint density at radius 2 is 2.29 bits per heavy atom. The van der Waals surface area contributed by atoms with Crippen LogP contribution in [0.15, 0.2) is 0 Å². The first-order valence-electron chi connectivity index (χ1n) is 6.81. The second-order valence-corrected chi connectivity index (χ2v) is 5.38. The fourth-order valence-corrected chi connectivity index (χ4v) is 2.85. The van der Waals surface area contributed by atoms with Gasteiger partial charge in [-0.1, -0.05) is 0 Å². The minimum absolute atomic E-state index is 0.113. The van der Waals surface area contributed by atoms with Crippen LogP contribution in [0.25, 0.3) is 0 Å². The Balaban J connectivity index is 1.70. The van der Waals surface area contributed by atoms with Gasteiger partial charge in [0.2, 0.25) is 0 Å². The second-order valence-electron chi connectivity index (χ2n) is 5.38. The van der Waals surface area contributed by atoms with Crippen molar-refractivity contribution in [1.82, 2.24) is 5.32 Å². The van der Waals surface area contributed by atoms with Crippen LogP contribution < -0.4 is 5.32 Å². The van der Waals surface area contributed by atoms with Crippen LogP contribution in [0.2, 0.25) is 0 Å². The van der Waals surface area contributed by atoms with E-state index in [-0.39, 0.29) is 18.2 Å². The summed E-state index contributed by atoms with van der Waals surface area (Å²) < 4.78 is 11.6. The summed E-state index contributed by atoms with van der Waals surface area (Å²) in [5.41, 5.74) is -0.113. The minimum Gasteiger partial charge on any atom is -0.394 e. The van der Waals surface area contributed by atoms with E-state index in [4.69, 9.17) is 9.47 Å². The third kappa shape index (κ3) is 3.41. The highest BCUT2D eigenvalue weighted by atomic mass is 16.5. The van der Waals surface area contributed by atoms with Gasteiger partial charge < -0.3 is 19.9 Å². The molecular formula is C13H25NO3. The van der Waals surface area contributed by atoms with Crippen LogP contribution >= 0.6 is 0 Å². The Morgan fingerprint density at radius 1 is 1.41 bits per heavy atom. The fraction of sp³-hybridized carbons (Fsp3) is 1.00. The molecule has 1 aliphatic heterocycles. The molecule has 0 aromatic carbocycles. The van der Waals surface area contributed by atoms with Gasteiger partial charge in [-0.2, -0.15) is 0 Å². The lowest BCUT2D eigenvalue weighted by Gasteiger charge is -2.27. The Labute approximate surface area is 104 Å². The molecule has 0 aromatic rings. The molecule has 1 saturated heterocycles. The van der Waals surface area contributed by atoms with Crippen LogP contribution in [0.3, 0.4) is 0 Å². The maximum atomic E-state index is 9.41. The molecule has 0 amide bonds. The number of nitrogens with one attached hydrogen (secondary N) is 1. The number of rotatable bonds is 5. The molecular weight excluding hydrogens is 218 g/mol. The van der Waals surface area contributed by atoms with Crippen LogP contribution in [0.4, 0.5) is 0 Å². The summed E-state index contributed by atoms with van der Waals surface area (Å²) in [5, 5.41) is 12.6. The molecule has 17 heavy (non-hydrogen) atoms. The maximum Gasteiger partial charge on any atom is 0.0808 e. The quantitative estimate of drug-likeness (QED) is 0.758. The van der Waals surface area contributed by atoms with Gasteiger partial charge in [0.1, 0.15) is 0 Å². The topological polar surface area (TPSA) is 50.7 Å². The molecule has 1 aliphatic carbocycles. The van der Waals surface area contributed by atoms with E-state index in [0.29, 0.717) is 6.10 Å². The third-order valence-electron chi connectivity index (χ3n) is 4.19. The van der Waals surface area contributed by atoms with Gasteiger partial charge in [0.25, 0.3) is 0 Å². The first kappa shape index (κ1) is 13.3. The van der Waals surface area contributed by atoms with Gasteiger partial charge in [-0.25, -0.2) is 0 Å². The molecule has 1 saturated carbocycles. The van der Waals surface area contributed by atoms with Crippen molar-refractivity contribution in [3.8, 4) is 0 Å². The lowest BCUT2D eigenvalue weighted by Crippen LogP contribution is -2.44. The number of likely N-dealkylation sites (N-methyl/N-ethyl adjacent to an activating group) is 1. The largest absolute Gasteiger partial charge is 0.394 e. The molecule has 0 spiro atoms. The fourth-order valence-electron chi connectivity index (χ4n) is 2.85. The summed E-state index contributed by atoms with van der Waals surface area (Å²) in [7, 11) is 1.92.